The van der Waals surface area contributed by atoms with Gasteiger partial charge in [-0.15, -0.1) is 0 Å². The number of halogens is 1. The van der Waals surface area contributed by atoms with Gasteiger partial charge in [-0.25, -0.2) is 0 Å². The molecule has 0 aliphatic carbocycles. The lowest BCUT2D eigenvalue weighted by Gasteiger charge is -2.14. The van der Waals surface area contributed by atoms with Crippen LogP contribution >= 0.6 is 11.6 Å². The molecular weight excluding hydrogens is 268 g/mol. The van der Waals surface area contributed by atoms with Crippen LogP contribution in [0.4, 0.5) is 5.69 Å². The van der Waals surface area contributed by atoms with Crippen molar-refractivity contribution in [1.29, 1.82) is 5.26 Å². The number of hydrogen-bond donors (Lipinski definition) is 1. The maximum absolute atomic E-state index is 11.8. The molecular formula is C13H15ClN2O3. The first-order chi connectivity index (χ1) is 9.07. The lowest BCUT2D eigenvalue weighted by molar-refractivity contribution is -0.118. The van der Waals surface area contributed by atoms with Crippen molar-refractivity contribution in [3.8, 4) is 17.6 Å². The van der Waals surface area contributed by atoms with Crippen LogP contribution in [0, 0.1) is 17.2 Å². The molecule has 0 spiro atoms. The first-order valence-corrected chi connectivity index (χ1v) is 6.07. The predicted molar refractivity (Wildman–Crippen MR) is 72.6 cm³/mol. The van der Waals surface area contributed by atoms with Gasteiger partial charge in [-0.3, -0.25) is 4.79 Å². The topological polar surface area (TPSA) is 71.4 Å². The lowest BCUT2D eigenvalue weighted by Crippen LogP contribution is -2.21. The second-order valence-corrected chi connectivity index (χ2v) is 4.17. The van der Waals surface area contributed by atoms with E-state index in [1.807, 2.05) is 6.07 Å². The summed E-state index contributed by atoms with van der Waals surface area (Å²) in [6.45, 7) is 1.77. The van der Waals surface area contributed by atoms with E-state index >= 15 is 0 Å². The predicted octanol–water partition coefficient (Wildman–Crippen LogP) is 2.85. The van der Waals surface area contributed by atoms with Gasteiger partial charge in [0.05, 0.1) is 31.0 Å². The van der Waals surface area contributed by atoms with Crippen molar-refractivity contribution in [3.63, 3.8) is 0 Å². The minimum atomic E-state index is -0.703. The van der Waals surface area contributed by atoms with Crippen molar-refractivity contribution < 1.29 is 14.3 Å². The van der Waals surface area contributed by atoms with Crippen LogP contribution in [0.3, 0.4) is 0 Å². The highest BCUT2D eigenvalue weighted by atomic mass is 35.5. The maximum atomic E-state index is 11.8. The van der Waals surface area contributed by atoms with Crippen LogP contribution in [0.5, 0.6) is 11.5 Å². The van der Waals surface area contributed by atoms with Gasteiger partial charge in [-0.1, -0.05) is 18.5 Å². The highest BCUT2D eigenvalue weighted by Gasteiger charge is 2.18. The van der Waals surface area contributed by atoms with Crippen LogP contribution < -0.4 is 14.8 Å². The zero-order chi connectivity index (χ0) is 14.4. The fourth-order valence-electron chi connectivity index (χ4n) is 1.51. The van der Waals surface area contributed by atoms with Gasteiger partial charge in [0.1, 0.15) is 17.4 Å². The molecule has 1 unspecified atom stereocenters. The van der Waals surface area contributed by atoms with E-state index in [9.17, 15) is 4.79 Å². The second kappa shape index (κ2) is 6.86. The van der Waals surface area contributed by atoms with Crippen LogP contribution in [-0.2, 0) is 4.79 Å². The highest BCUT2D eigenvalue weighted by Crippen LogP contribution is 2.36. The molecule has 19 heavy (non-hydrogen) atoms. The number of amides is 1. The monoisotopic (exact) mass is 282 g/mol. The molecule has 1 rings (SSSR count). The van der Waals surface area contributed by atoms with Gasteiger partial charge in [-0.05, 0) is 12.5 Å². The quantitative estimate of drug-likeness (QED) is 0.901. The Morgan fingerprint density at radius 2 is 2.05 bits per heavy atom. The summed E-state index contributed by atoms with van der Waals surface area (Å²) in [7, 11) is 2.96. The molecule has 0 aromatic heterocycles. The Hall–Kier alpha value is -1.93. The molecule has 1 amide bonds. The third-order valence-corrected chi connectivity index (χ3v) is 2.91. The Morgan fingerprint density at radius 3 is 2.53 bits per heavy atom. The van der Waals surface area contributed by atoms with Crippen molar-refractivity contribution in [2.24, 2.45) is 5.92 Å². The number of rotatable bonds is 5. The SMILES string of the molecule is CCC(C#N)C(=O)Nc1cc(Cl)c(OC)cc1OC. The van der Waals surface area contributed by atoms with Crippen molar-refractivity contribution in [1.82, 2.24) is 0 Å². The van der Waals surface area contributed by atoms with Crippen molar-refractivity contribution in [2.45, 2.75) is 13.3 Å². The Morgan fingerprint density at radius 1 is 1.42 bits per heavy atom. The second-order valence-electron chi connectivity index (χ2n) is 3.77. The maximum Gasteiger partial charge on any atom is 0.241 e. The Labute approximate surface area is 117 Å². The average Bonchev–Trinajstić information content (AvgIpc) is 2.40. The number of benzene rings is 1. The van der Waals surface area contributed by atoms with E-state index in [0.29, 0.717) is 28.6 Å². The zero-order valence-corrected chi connectivity index (χ0v) is 11.7. The standard InChI is InChI=1S/C13H15ClN2O3/c1-4-8(7-15)13(17)16-10-5-9(14)11(18-2)6-12(10)19-3/h5-6,8H,4H2,1-3H3,(H,16,17). The molecule has 1 aromatic rings. The molecule has 0 radical (unpaired) electrons. The van der Waals surface area contributed by atoms with E-state index in [-0.39, 0.29) is 5.91 Å². The Bertz CT molecular complexity index is 511. The van der Waals surface area contributed by atoms with Gasteiger partial charge in [0, 0.05) is 6.07 Å². The normalized spacial score (nSPS) is 11.3. The van der Waals surface area contributed by atoms with Crippen LogP contribution in [0.1, 0.15) is 13.3 Å². The third-order valence-electron chi connectivity index (χ3n) is 2.61. The number of carbonyl (C=O) groups excluding carboxylic acids is 1. The van der Waals surface area contributed by atoms with Crippen molar-refractivity contribution in [2.75, 3.05) is 19.5 Å². The Kier molecular flexibility index (Phi) is 5.46. The summed E-state index contributed by atoms with van der Waals surface area (Å²) in [5.74, 6) is -0.221. The zero-order valence-electron chi connectivity index (χ0n) is 11.0. The van der Waals surface area contributed by atoms with Crippen molar-refractivity contribution in [3.05, 3.63) is 17.2 Å². The summed E-state index contributed by atoms with van der Waals surface area (Å²) in [6.07, 6.45) is 0.439. The van der Waals surface area contributed by atoms with Crippen molar-refractivity contribution >= 4 is 23.2 Å². The van der Waals surface area contributed by atoms with Gasteiger partial charge in [0.2, 0.25) is 5.91 Å². The molecule has 0 heterocycles. The van der Waals surface area contributed by atoms with Crippen LogP contribution in [-0.4, -0.2) is 20.1 Å². The lowest BCUT2D eigenvalue weighted by atomic mass is 10.1. The minimum absolute atomic E-state index is 0.351. The molecule has 0 aliphatic heterocycles. The smallest absolute Gasteiger partial charge is 0.241 e. The summed E-state index contributed by atoms with van der Waals surface area (Å²) >= 11 is 5.99. The number of nitriles is 1. The molecule has 0 fully saturated rings. The van der Waals surface area contributed by atoms with Gasteiger partial charge in [0.15, 0.2) is 0 Å². The van der Waals surface area contributed by atoms with Gasteiger partial charge in [0.25, 0.3) is 0 Å². The molecule has 5 nitrogen and oxygen atoms in total. The number of hydrogen-bond acceptors (Lipinski definition) is 4. The number of carbonyl (C=O) groups is 1. The molecule has 1 aromatic carbocycles. The fraction of sp³-hybridized carbons (Fsp3) is 0.385. The molecule has 6 heteroatoms. The summed E-state index contributed by atoms with van der Waals surface area (Å²) < 4.78 is 10.2. The molecule has 0 bridgehead atoms. The van der Waals surface area contributed by atoms with Gasteiger partial charge >= 0.3 is 0 Å². The van der Waals surface area contributed by atoms with E-state index in [2.05, 4.69) is 5.32 Å². The fourth-order valence-corrected chi connectivity index (χ4v) is 1.75. The van der Waals surface area contributed by atoms with Crippen LogP contribution in [0.15, 0.2) is 12.1 Å². The average molecular weight is 283 g/mol. The molecule has 1 N–H and O–H groups in total. The van der Waals surface area contributed by atoms with Gasteiger partial charge < -0.3 is 14.8 Å². The molecule has 0 saturated carbocycles. The number of nitrogens with zero attached hydrogens (tertiary/aromatic N) is 1. The molecule has 0 saturated heterocycles. The summed E-state index contributed by atoms with van der Waals surface area (Å²) in [6, 6.07) is 5.04. The summed E-state index contributed by atoms with van der Waals surface area (Å²) in [4.78, 5) is 11.8. The van der Waals surface area contributed by atoms with Crippen LogP contribution in [0.2, 0.25) is 5.02 Å². The first kappa shape index (κ1) is 15.1. The van der Waals surface area contributed by atoms with Gasteiger partial charge in [-0.2, -0.15) is 5.26 Å². The molecule has 102 valence electrons. The first-order valence-electron chi connectivity index (χ1n) is 5.69. The number of nitrogens with one attached hydrogen (secondary N) is 1. The van der Waals surface area contributed by atoms with E-state index in [1.165, 1.54) is 20.3 Å². The van der Waals surface area contributed by atoms with E-state index in [0.717, 1.165) is 0 Å². The highest BCUT2D eigenvalue weighted by molar-refractivity contribution is 6.32. The minimum Gasteiger partial charge on any atom is -0.495 e. The third kappa shape index (κ3) is 3.52. The number of methoxy groups -OCH3 is 2. The van der Waals surface area contributed by atoms with Crippen LogP contribution in [0.25, 0.3) is 0 Å². The molecule has 1 atom stereocenters. The summed E-state index contributed by atoms with van der Waals surface area (Å²) in [5, 5.41) is 11.8. The number of ether oxygens (including phenoxy) is 2. The molecule has 0 aliphatic rings. The number of anilines is 1. The van der Waals surface area contributed by atoms with E-state index in [4.69, 9.17) is 26.3 Å². The van der Waals surface area contributed by atoms with E-state index < -0.39 is 5.92 Å². The Balaban J connectivity index is 3.04. The summed E-state index contributed by atoms with van der Waals surface area (Å²) in [5.41, 5.74) is 0.409. The van der Waals surface area contributed by atoms with E-state index in [1.54, 1.807) is 13.0 Å². The largest absolute Gasteiger partial charge is 0.495 e.